The van der Waals surface area contributed by atoms with Gasteiger partial charge in [-0.1, -0.05) is 41.9 Å². The van der Waals surface area contributed by atoms with E-state index < -0.39 is 0 Å². The van der Waals surface area contributed by atoms with Crippen LogP contribution in [0.15, 0.2) is 65.6 Å². The van der Waals surface area contributed by atoms with Crippen LogP contribution in [0.5, 0.6) is 0 Å². The Morgan fingerprint density at radius 3 is 2.32 bits per heavy atom. The highest BCUT2D eigenvalue weighted by Crippen LogP contribution is 2.19. The summed E-state index contributed by atoms with van der Waals surface area (Å²) in [6, 6.07) is 16.9. The van der Waals surface area contributed by atoms with Gasteiger partial charge in [-0.15, -0.1) is 0 Å². The van der Waals surface area contributed by atoms with Gasteiger partial charge in [0.25, 0.3) is 5.56 Å². The van der Waals surface area contributed by atoms with Crippen LogP contribution in [0.1, 0.15) is 0 Å². The van der Waals surface area contributed by atoms with Crippen LogP contribution in [0, 0.1) is 0 Å². The maximum absolute atomic E-state index is 12.0. The van der Waals surface area contributed by atoms with Crippen molar-refractivity contribution in [3.05, 3.63) is 76.2 Å². The zero-order valence-corrected chi connectivity index (χ0v) is 10.8. The highest BCUT2D eigenvalue weighted by Gasteiger charge is 2.07. The molecule has 0 aliphatic heterocycles. The van der Waals surface area contributed by atoms with Crippen LogP contribution < -0.4 is 5.56 Å². The second kappa shape index (κ2) is 4.78. The van der Waals surface area contributed by atoms with Crippen LogP contribution in [0.25, 0.3) is 16.8 Å². The Morgan fingerprint density at radius 2 is 1.63 bits per heavy atom. The molecule has 0 aliphatic carbocycles. The Bertz CT molecular complexity index is 742. The van der Waals surface area contributed by atoms with Crippen molar-refractivity contribution < 1.29 is 0 Å². The zero-order valence-electron chi connectivity index (χ0n) is 10.0. The largest absolute Gasteiger partial charge is 0.272 e. The van der Waals surface area contributed by atoms with Crippen LogP contribution in [0.3, 0.4) is 0 Å². The molecule has 3 aromatic rings. The fourth-order valence-electron chi connectivity index (χ4n) is 1.95. The van der Waals surface area contributed by atoms with E-state index in [1.54, 1.807) is 23.0 Å². The summed E-state index contributed by atoms with van der Waals surface area (Å²) in [5.74, 6) is 0. The van der Waals surface area contributed by atoms with Gasteiger partial charge in [0.1, 0.15) is 0 Å². The minimum atomic E-state index is -0.119. The predicted molar refractivity (Wildman–Crippen MR) is 76.8 cm³/mol. The molecule has 0 saturated heterocycles. The Labute approximate surface area is 115 Å². The van der Waals surface area contributed by atoms with Crippen molar-refractivity contribution in [1.29, 1.82) is 0 Å². The second-order valence-electron chi connectivity index (χ2n) is 4.20. The van der Waals surface area contributed by atoms with Gasteiger partial charge in [0.15, 0.2) is 0 Å². The number of rotatable bonds is 2. The van der Waals surface area contributed by atoms with Crippen molar-refractivity contribution in [2.24, 2.45) is 0 Å². The van der Waals surface area contributed by atoms with Crippen LogP contribution in [-0.4, -0.2) is 9.78 Å². The molecule has 0 spiro atoms. The summed E-state index contributed by atoms with van der Waals surface area (Å²) in [5.41, 5.74) is 2.27. The summed E-state index contributed by atoms with van der Waals surface area (Å²) < 4.78 is 1.71. The monoisotopic (exact) mass is 270 g/mol. The number of halogens is 1. The van der Waals surface area contributed by atoms with Crippen LogP contribution >= 0.6 is 11.6 Å². The van der Waals surface area contributed by atoms with E-state index in [-0.39, 0.29) is 5.56 Å². The molecule has 0 amide bonds. The third kappa shape index (κ3) is 2.33. The number of hydrogen-bond donors (Lipinski definition) is 1. The summed E-state index contributed by atoms with van der Waals surface area (Å²) >= 11 is 5.85. The van der Waals surface area contributed by atoms with Crippen molar-refractivity contribution >= 4 is 11.6 Å². The molecule has 0 atom stereocenters. The van der Waals surface area contributed by atoms with Gasteiger partial charge in [-0.25, -0.2) is 0 Å². The lowest BCUT2D eigenvalue weighted by Crippen LogP contribution is -2.05. The standard InChI is InChI=1S/C15H11ClN2O/c16-12-8-6-11(7-9-12)14-10-18(17-15(14)19)13-4-2-1-3-5-13/h1-10H,(H,17,19). The number of aromatic nitrogens is 2. The van der Waals surface area contributed by atoms with Gasteiger partial charge in [0, 0.05) is 11.2 Å². The van der Waals surface area contributed by atoms with E-state index in [9.17, 15) is 4.79 Å². The lowest BCUT2D eigenvalue weighted by atomic mass is 10.1. The van der Waals surface area contributed by atoms with Crippen molar-refractivity contribution in [1.82, 2.24) is 9.78 Å². The third-order valence-corrected chi connectivity index (χ3v) is 3.17. The SMILES string of the molecule is O=c1[nH]n(-c2ccccc2)cc1-c1ccc(Cl)cc1. The molecule has 3 rings (SSSR count). The first-order chi connectivity index (χ1) is 9.24. The molecule has 3 nitrogen and oxygen atoms in total. The van der Waals surface area contributed by atoms with E-state index in [4.69, 9.17) is 11.6 Å². The minimum absolute atomic E-state index is 0.119. The van der Waals surface area contributed by atoms with Gasteiger partial charge in [-0.05, 0) is 29.8 Å². The van der Waals surface area contributed by atoms with Gasteiger partial charge in [0.2, 0.25) is 0 Å². The molecule has 94 valence electrons. The number of nitrogens with zero attached hydrogens (tertiary/aromatic N) is 1. The summed E-state index contributed by atoms with van der Waals surface area (Å²) in [4.78, 5) is 12.0. The van der Waals surface area contributed by atoms with E-state index in [1.807, 2.05) is 42.5 Å². The fraction of sp³-hybridized carbons (Fsp3) is 0. The third-order valence-electron chi connectivity index (χ3n) is 2.91. The molecule has 0 bridgehead atoms. The zero-order chi connectivity index (χ0) is 13.2. The molecule has 1 N–H and O–H groups in total. The summed E-state index contributed by atoms with van der Waals surface area (Å²) in [7, 11) is 0. The van der Waals surface area contributed by atoms with E-state index in [0.29, 0.717) is 10.6 Å². The van der Waals surface area contributed by atoms with Gasteiger partial charge in [-0.3, -0.25) is 14.6 Å². The van der Waals surface area contributed by atoms with E-state index >= 15 is 0 Å². The average Bonchev–Trinajstić information content (AvgIpc) is 2.83. The Kier molecular flexibility index (Phi) is 2.97. The molecular weight excluding hydrogens is 260 g/mol. The first kappa shape index (κ1) is 11.8. The van der Waals surface area contributed by atoms with Gasteiger partial charge in [-0.2, -0.15) is 0 Å². The number of hydrogen-bond acceptors (Lipinski definition) is 1. The molecule has 1 aromatic heterocycles. The fourth-order valence-corrected chi connectivity index (χ4v) is 2.08. The van der Waals surface area contributed by atoms with Gasteiger partial charge < -0.3 is 0 Å². The quantitative estimate of drug-likeness (QED) is 0.760. The van der Waals surface area contributed by atoms with Crippen molar-refractivity contribution in [3.8, 4) is 16.8 Å². The number of aromatic amines is 1. The second-order valence-corrected chi connectivity index (χ2v) is 4.63. The molecule has 0 aliphatic rings. The molecule has 2 aromatic carbocycles. The molecule has 0 fully saturated rings. The Balaban J connectivity index is 2.08. The summed E-state index contributed by atoms with van der Waals surface area (Å²) in [5, 5.41) is 3.46. The lowest BCUT2D eigenvalue weighted by Gasteiger charge is -2.00. The first-order valence-corrected chi connectivity index (χ1v) is 6.25. The molecule has 0 unspecified atom stereocenters. The molecule has 4 heteroatoms. The van der Waals surface area contributed by atoms with E-state index in [1.165, 1.54) is 0 Å². The number of H-pyrrole nitrogens is 1. The minimum Gasteiger partial charge on any atom is -0.267 e. The van der Waals surface area contributed by atoms with Crippen LogP contribution in [0.2, 0.25) is 5.02 Å². The molecule has 19 heavy (non-hydrogen) atoms. The Morgan fingerprint density at radius 1 is 0.947 bits per heavy atom. The lowest BCUT2D eigenvalue weighted by molar-refractivity contribution is 0.864. The van der Waals surface area contributed by atoms with Gasteiger partial charge in [0.05, 0.1) is 11.3 Å². The van der Waals surface area contributed by atoms with Crippen molar-refractivity contribution in [3.63, 3.8) is 0 Å². The first-order valence-electron chi connectivity index (χ1n) is 5.87. The van der Waals surface area contributed by atoms with E-state index in [2.05, 4.69) is 5.10 Å². The van der Waals surface area contributed by atoms with Crippen molar-refractivity contribution in [2.45, 2.75) is 0 Å². The summed E-state index contributed by atoms with van der Waals surface area (Å²) in [6.45, 7) is 0. The molecule has 0 saturated carbocycles. The highest BCUT2D eigenvalue weighted by molar-refractivity contribution is 6.30. The average molecular weight is 271 g/mol. The maximum atomic E-state index is 12.0. The molecule has 1 heterocycles. The predicted octanol–water partition coefficient (Wildman–Crippen LogP) is 3.49. The maximum Gasteiger partial charge on any atom is 0.272 e. The Hall–Kier alpha value is -2.26. The van der Waals surface area contributed by atoms with Gasteiger partial charge >= 0.3 is 0 Å². The normalized spacial score (nSPS) is 10.6. The summed E-state index contributed by atoms with van der Waals surface area (Å²) in [6.07, 6.45) is 1.79. The van der Waals surface area contributed by atoms with Crippen molar-refractivity contribution in [2.75, 3.05) is 0 Å². The number of nitrogens with one attached hydrogen (secondary N) is 1. The smallest absolute Gasteiger partial charge is 0.267 e. The topological polar surface area (TPSA) is 37.8 Å². The molecule has 0 radical (unpaired) electrons. The molecular formula is C15H11ClN2O. The number of para-hydroxylation sites is 1. The van der Waals surface area contributed by atoms with Crippen LogP contribution in [0.4, 0.5) is 0 Å². The number of benzene rings is 2. The van der Waals surface area contributed by atoms with Crippen LogP contribution in [-0.2, 0) is 0 Å². The highest BCUT2D eigenvalue weighted by atomic mass is 35.5. The van der Waals surface area contributed by atoms with E-state index in [0.717, 1.165) is 11.3 Å².